The number of hydrogen-bond donors (Lipinski definition) is 0. The number of benzene rings is 1. The zero-order valence-electron chi connectivity index (χ0n) is 13.2. The van der Waals surface area contributed by atoms with Gasteiger partial charge in [0, 0.05) is 29.7 Å². The minimum absolute atomic E-state index is 0.255. The molecule has 0 bridgehead atoms. The van der Waals surface area contributed by atoms with E-state index in [1.54, 1.807) is 0 Å². The number of aromatic nitrogens is 1. The summed E-state index contributed by atoms with van der Waals surface area (Å²) in [5.41, 5.74) is 3.66. The number of para-hydroxylation sites is 1. The third kappa shape index (κ3) is 2.57. The third-order valence-electron chi connectivity index (χ3n) is 4.98. The molecule has 1 saturated heterocycles. The minimum Gasteiger partial charge on any atom is -0.341 e. The van der Waals surface area contributed by atoms with E-state index in [4.69, 9.17) is 0 Å². The van der Waals surface area contributed by atoms with Gasteiger partial charge in [0.1, 0.15) is 6.54 Å². The SMILES string of the molecule is Cc1c(C)n(CC(=O)N2CCC(C)CC2)c2ccccc12. The summed E-state index contributed by atoms with van der Waals surface area (Å²) in [6, 6.07) is 8.36. The molecule has 0 aliphatic carbocycles. The monoisotopic (exact) mass is 284 g/mol. The van der Waals surface area contributed by atoms with Gasteiger partial charge in [0.15, 0.2) is 0 Å². The highest BCUT2D eigenvalue weighted by atomic mass is 16.2. The lowest BCUT2D eigenvalue weighted by molar-refractivity contribution is -0.133. The van der Waals surface area contributed by atoms with Crippen LogP contribution in [0.3, 0.4) is 0 Å². The number of piperidine rings is 1. The molecule has 3 nitrogen and oxygen atoms in total. The standard InChI is InChI=1S/C18H24N2O/c1-13-8-10-19(11-9-13)18(21)12-20-15(3)14(2)16-6-4-5-7-17(16)20/h4-7,13H,8-12H2,1-3H3. The summed E-state index contributed by atoms with van der Waals surface area (Å²) < 4.78 is 2.17. The Morgan fingerprint density at radius 3 is 2.57 bits per heavy atom. The number of carbonyl (C=O) groups excluding carboxylic acids is 1. The number of nitrogens with zero attached hydrogens (tertiary/aromatic N) is 2. The lowest BCUT2D eigenvalue weighted by Crippen LogP contribution is -2.39. The van der Waals surface area contributed by atoms with Crippen molar-refractivity contribution in [2.75, 3.05) is 13.1 Å². The highest BCUT2D eigenvalue weighted by Gasteiger charge is 2.21. The summed E-state index contributed by atoms with van der Waals surface area (Å²) in [4.78, 5) is 14.6. The van der Waals surface area contributed by atoms with E-state index in [0.717, 1.165) is 31.8 Å². The van der Waals surface area contributed by atoms with E-state index >= 15 is 0 Å². The van der Waals surface area contributed by atoms with Gasteiger partial charge in [-0.05, 0) is 44.2 Å². The van der Waals surface area contributed by atoms with Gasteiger partial charge in [-0.15, -0.1) is 0 Å². The number of carbonyl (C=O) groups is 1. The van der Waals surface area contributed by atoms with Crippen LogP contribution in [0.5, 0.6) is 0 Å². The van der Waals surface area contributed by atoms with Crippen molar-refractivity contribution in [2.45, 2.75) is 40.2 Å². The van der Waals surface area contributed by atoms with Crippen molar-refractivity contribution in [3.8, 4) is 0 Å². The Hall–Kier alpha value is -1.77. The summed E-state index contributed by atoms with van der Waals surface area (Å²) in [5, 5.41) is 1.26. The second-order valence-electron chi connectivity index (χ2n) is 6.38. The smallest absolute Gasteiger partial charge is 0.242 e. The summed E-state index contributed by atoms with van der Waals surface area (Å²) in [6.07, 6.45) is 2.27. The maximum absolute atomic E-state index is 12.6. The molecular weight excluding hydrogens is 260 g/mol. The highest BCUT2D eigenvalue weighted by molar-refractivity contribution is 5.87. The van der Waals surface area contributed by atoms with Crippen molar-refractivity contribution in [1.82, 2.24) is 9.47 Å². The Balaban J connectivity index is 1.85. The average molecular weight is 284 g/mol. The largest absolute Gasteiger partial charge is 0.341 e. The first-order valence-electron chi connectivity index (χ1n) is 7.90. The Morgan fingerprint density at radius 1 is 1.19 bits per heavy atom. The fourth-order valence-corrected chi connectivity index (χ4v) is 3.30. The van der Waals surface area contributed by atoms with Gasteiger partial charge in [-0.3, -0.25) is 4.79 Å². The van der Waals surface area contributed by atoms with Crippen molar-refractivity contribution in [3.05, 3.63) is 35.5 Å². The van der Waals surface area contributed by atoms with Crippen molar-refractivity contribution in [2.24, 2.45) is 5.92 Å². The van der Waals surface area contributed by atoms with Crippen LogP contribution in [-0.4, -0.2) is 28.5 Å². The number of hydrogen-bond acceptors (Lipinski definition) is 1. The molecule has 0 atom stereocenters. The van der Waals surface area contributed by atoms with Crippen molar-refractivity contribution < 1.29 is 4.79 Å². The number of likely N-dealkylation sites (tertiary alicyclic amines) is 1. The molecule has 3 heteroatoms. The van der Waals surface area contributed by atoms with Crippen LogP contribution in [0.15, 0.2) is 24.3 Å². The van der Waals surface area contributed by atoms with Crippen LogP contribution in [-0.2, 0) is 11.3 Å². The molecule has 21 heavy (non-hydrogen) atoms. The summed E-state index contributed by atoms with van der Waals surface area (Å²) in [5.74, 6) is 1.01. The Labute approximate surface area is 126 Å². The van der Waals surface area contributed by atoms with Gasteiger partial charge in [-0.25, -0.2) is 0 Å². The fourth-order valence-electron chi connectivity index (χ4n) is 3.30. The number of fused-ring (bicyclic) bond motifs is 1. The topological polar surface area (TPSA) is 25.2 Å². The Kier molecular flexibility index (Phi) is 3.75. The molecule has 1 aliphatic heterocycles. The molecule has 1 amide bonds. The molecule has 112 valence electrons. The Bertz CT molecular complexity index is 663. The first-order valence-corrected chi connectivity index (χ1v) is 7.90. The van der Waals surface area contributed by atoms with E-state index in [1.165, 1.54) is 22.2 Å². The van der Waals surface area contributed by atoms with Crippen LogP contribution in [0.2, 0.25) is 0 Å². The van der Waals surface area contributed by atoms with E-state index in [1.807, 2.05) is 11.0 Å². The lowest BCUT2D eigenvalue weighted by atomic mass is 9.99. The lowest BCUT2D eigenvalue weighted by Gasteiger charge is -2.30. The molecule has 1 aliphatic rings. The fraction of sp³-hybridized carbons (Fsp3) is 0.500. The predicted molar refractivity (Wildman–Crippen MR) is 86.4 cm³/mol. The molecule has 2 heterocycles. The number of rotatable bonds is 2. The zero-order valence-corrected chi connectivity index (χ0v) is 13.2. The van der Waals surface area contributed by atoms with Crippen LogP contribution in [0.4, 0.5) is 0 Å². The van der Waals surface area contributed by atoms with Crippen LogP contribution in [0, 0.1) is 19.8 Å². The van der Waals surface area contributed by atoms with Crippen LogP contribution >= 0.6 is 0 Å². The van der Waals surface area contributed by atoms with Gasteiger partial charge in [-0.2, -0.15) is 0 Å². The van der Waals surface area contributed by atoms with Gasteiger partial charge in [0.25, 0.3) is 0 Å². The first kappa shape index (κ1) is 14.2. The molecule has 1 fully saturated rings. The number of amides is 1. The van der Waals surface area contributed by atoms with E-state index in [-0.39, 0.29) is 5.91 Å². The van der Waals surface area contributed by atoms with Gasteiger partial charge in [-0.1, -0.05) is 25.1 Å². The van der Waals surface area contributed by atoms with Crippen LogP contribution in [0.1, 0.15) is 31.0 Å². The molecule has 3 rings (SSSR count). The Morgan fingerprint density at radius 2 is 1.86 bits per heavy atom. The minimum atomic E-state index is 0.255. The third-order valence-corrected chi connectivity index (χ3v) is 4.98. The quantitative estimate of drug-likeness (QED) is 0.828. The molecule has 0 spiro atoms. The van der Waals surface area contributed by atoms with Gasteiger partial charge in [0.05, 0.1) is 0 Å². The second-order valence-corrected chi connectivity index (χ2v) is 6.38. The van der Waals surface area contributed by atoms with Gasteiger partial charge >= 0.3 is 0 Å². The summed E-state index contributed by atoms with van der Waals surface area (Å²) >= 11 is 0. The van der Waals surface area contributed by atoms with Gasteiger partial charge < -0.3 is 9.47 Å². The molecule has 0 radical (unpaired) electrons. The van der Waals surface area contributed by atoms with Crippen molar-refractivity contribution in [3.63, 3.8) is 0 Å². The van der Waals surface area contributed by atoms with Crippen LogP contribution in [0.25, 0.3) is 10.9 Å². The first-order chi connectivity index (χ1) is 10.1. The molecule has 1 aromatic heterocycles. The maximum atomic E-state index is 12.6. The number of aryl methyl sites for hydroxylation is 1. The summed E-state index contributed by atoms with van der Waals surface area (Å²) in [7, 11) is 0. The van der Waals surface area contributed by atoms with Crippen molar-refractivity contribution >= 4 is 16.8 Å². The average Bonchev–Trinajstić information content (AvgIpc) is 2.73. The summed E-state index contributed by atoms with van der Waals surface area (Å²) in [6.45, 7) is 8.82. The normalized spacial score (nSPS) is 16.6. The maximum Gasteiger partial charge on any atom is 0.242 e. The predicted octanol–water partition coefficient (Wildman–Crippen LogP) is 3.52. The molecule has 0 unspecified atom stereocenters. The molecule has 0 saturated carbocycles. The molecule has 2 aromatic rings. The van der Waals surface area contributed by atoms with Crippen LogP contribution < -0.4 is 0 Å². The van der Waals surface area contributed by atoms with E-state index < -0.39 is 0 Å². The molecular formula is C18H24N2O. The molecule has 1 aromatic carbocycles. The van der Waals surface area contributed by atoms with Crippen molar-refractivity contribution in [1.29, 1.82) is 0 Å². The molecule has 0 N–H and O–H groups in total. The second kappa shape index (κ2) is 5.55. The van der Waals surface area contributed by atoms with Gasteiger partial charge in [0.2, 0.25) is 5.91 Å². The van der Waals surface area contributed by atoms with E-state index in [9.17, 15) is 4.79 Å². The van der Waals surface area contributed by atoms with E-state index in [0.29, 0.717) is 6.54 Å². The zero-order chi connectivity index (χ0) is 15.0. The van der Waals surface area contributed by atoms with E-state index in [2.05, 4.69) is 43.5 Å². The highest BCUT2D eigenvalue weighted by Crippen LogP contribution is 2.25.